The van der Waals surface area contributed by atoms with Crippen LogP contribution in [0.5, 0.6) is 0 Å². The molecule has 0 radical (unpaired) electrons. The van der Waals surface area contributed by atoms with E-state index in [0.29, 0.717) is 5.54 Å². The van der Waals surface area contributed by atoms with Gasteiger partial charge in [0.25, 0.3) is 0 Å². The Hall–Kier alpha value is -0.410. The van der Waals surface area contributed by atoms with Crippen LogP contribution in [0.3, 0.4) is 0 Å². The van der Waals surface area contributed by atoms with E-state index >= 15 is 0 Å². The van der Waals surface area contributed by atoms with Gasteiger partial charge < -0.3 is 5.32 Å². The number of nitrogens with one attached hydrogen (secondary N) is 1. The van der Waals surface area contributed by atoms with Crippen molar-refractivity contribution in [2.75, 3.05) is 0 Å². The molecule has 4 saturated carbocycles. The van der Waals surface area contributed by atoms with Crippen LogP contribution in [0.4, 0.5) is 0 Å². The number of nitrogens with zero attached hydrogens (tertiary/aromatic N) is 1. The summed E-state index contributed by atoms with van der Waals surface area (Å²) in [6.07, 6.45) is 9.95. The third-order valence-corrected chi connectivity index (χ3v) is 6.63. The summed E-state index contributed by atoms with van der Waals surface area (Å²) in [5.41, 5.74) is 1.74. The molecule has 4 aliphatic rings. The Balaban J connectivity index is 1.44. The van der Waals surface area contributed by atoms with Gasteiger partial charge in [-0.15, -0.1) is 11.3 Å². The largest absolute Gasteiger partial charge is 0.306 e. The molecule has 0 atom stereocenters. The minimum atomic E-state index is 0.477. The van der Waals surface area contributed by atoms with Crippen molar-refractivity contribution in [1.29, 1.82) is 0 Å². The van der Waals surface area contributed by atoms with E-state index in [2.05, 4.69) is 17.6 Å². The van der Waals surface area contributed by atoms with Gasteiger partial charge in [-0.2, -0.15) is 0 Å². The molecule has 2 nitrogen and oxygen atoms in total. The number of thiazole rings is 1. The monoisotopic (exact) mass is 276 g/mol. The normalized spacial score (nSPS) is 39.9. The fraction of sp³-hybridized carbons (Fsp3) is 0.812. The molecule has 0 aliphatic heterocycles. The van der Waals surface area contributed by atoms with E-state index in [4.69, 9.17) is 4.98 Å². The van der Waals surface area contributed by atoms with Crippen molar-refractivity contribution in [3.05, 3.63) is 16.1 Å². The third kappa shape index (κ3) is 2.25. The lowest BCUT2D eigenvalue weighted by Crippen LogP contribution is -2.58. The van der Waals surface area contributed by atoms with Crippen molar-refractivity contribution in [3.63, 3.8) is 0 Å². The highest BCUT2D eigenvalue weighted by Crippen LogP contribution is 2.55. The standard InChI is InChI=1S/C16H24N2S/c1-2-15-18-14(10-19-15)9-17-16-6-11-3-12(7-16)5-13(4-11)8-16/h10-13,17H,2-9H2,1H3. The minimum absolute atomic E-state index is 0.477. The van der Waals surface area contributed by atoms with Gasteiger partial charge in [0.15, 0.2) is 0 Å². The second-order valence-electron chi connectivity index (χ2n) is 7.14. The van der Waals surface area contributed by atoms with Gasteiger partial charge in [0.05, 0.1) is 10.7 Å². The molecule has 1 heterocycles. The first-order valence-electron chi connectivity index (χ1n) is 7.93. The molecular weight excluding hydrogens is 252 g/mol. The molecule has 1 N–H and O–H groups in total. The van der Waals surface area contributed by atoms with Crippen LogP contribution in [0.1, 0.15) is 56.2 Å². The van der Waals surface area contributed by atoms with Crippen LogP contribution in [0.2, 0.25) is 0 Å². The highest BCUT2D eigenvalue weighted by molar-refractivity contribution is 7.09. The summed E-state index contributed by atoms with van der Waals surface area (Å²) in [5, 5.41) is 7.45. The fourth-order valence-electron chi connectivity index (χ4n) is 5.20. The Bertz CT molecular complexity index is 430. The Kier molecular flexibility index (Phi) is 2.96. The van der Waals surface area contributed by atoms with Crippen LogP contribution >= 0.6 is 11.3 Å². The molecule has 0 aromatic carbocycles. The molecular formula is C16H24N2S. The Morgan fingerprint density at radius 3 is 2.37 bits per heavy atom. The predicted molar refractivity (Wildman–Crippen MR) is 79.2 cm³/mol. The Labute approximate surface area is 120 Å². The van der Waals surface area contributed by atoms with E-state index in [0.717, 1.165) is 30.7 Å². The zero-order chi connectivity index (χ0) is 12.9. The number of hydrogen-bond acceptors (Lipinski definition) is 3. The van der Waals surface area contributed by atoms with E-state index in [1.54, 1.807) is 0 Å². The molecule has 4 fully saturated rings. The van der Waals surface area contributed by atoms with Gasteiger partial charge >= 0.3 is 0 Å². The van der Waals surface area contributed by atoms with Gasteiger partial charge in [-0.3, -0.25) is 0 Å². The predicted octanol–water partition coefficient (Wildman–Crippen LogP) is 3.76. The van der Waals surface area contributed by atoms with E-state index < -0.39 is 0 Å². The molecule has 104 valence electrons. The molecule has 0 unspecified atom stereocenters. The van der Waals surface area contributed by atoms with E-state index in [9.17, 15) is 0 Å². The Morgan fingerprint density at radius 2 is 1.84 bits per heavy atom. The maximum Gasteiger partial charge on any atom is 0.0926 e. The zero-order valence-electron chi connectivity index (χ0n) is 11.8. The summed E-state index contributed by atoms with van der Waals surface area (Å²) in [6, 6.07) is 0. The van der Waals surface area contributed by atoms with Crippen molar-refractivity contribution in [2.45, 2.75) is 64.0 Å². The van der Waals surface area contributed by atoms with Crippen LogP contribution in [-0.4, -0.2) is 10.5 Å². The molecule has 1 aromatic heterocycles. The van der Waals surface area contributed by atoms with Crippen molar-refractivity contribution < 1.29 is 0 Å². The van der Waals surface area contributed by atoms with Crippen LogP contribution < -0.4 is 5.32 Å². The number of aromatic nitrogens is 1. The number of aryl methyl sites for hydroxylation is 1. The van der Waals surface area contributed by atoms with Gasteiger partial charge in [-0.05, 0) is 62.7 Å². The number of rotatable bonds is 4. The molecule has 3 heteroatoms. The molecule has 1 aromatic rings. The molecule has 0 spiro atoms. The average Bonchev–Trinajstić information content (AvgIpc) is 2.83. The van der Waals surface area contributed by atoms with Crippen LogP contribution in [0, 0.1) is 17.8 Å². The minimum Gasteiger partial charge on any atom is -0.306 e. The first-order chi connectivity index (χ1) is 9.25. The smallest absolute Gasteiger partial charge is 0.0926 e. The SMILES string of the molecule is CCc1nc(CNC23CC4CC(CC(C4)C2)C3)cs1. The quantitative estimate of drug-likeness (QED) is 0.905. The zero-order valence-corrected chi connectivity index (χ0v) is 12.6. The lowest BCUT2D eigenvalue weighted by atomic mass is 9.53. The summed E-state index contributed by atoms with van der Waals surface area (Å²) in [7, 11) is 0. The second kappa shape index (κ2) is 4.56. The van der Waals surface area contributed by atoms with Gasteiger partial charge in [0.1, 0.15) is 0 Å². The van der Waals surface area contributed by atoms with Crippen molar-refractivity contribution in [2.24, 2.45) is 17.8 Å². The van der Waals surface area contributed by atoms with Gasteiger partial charge in [-0.25, -0.2) is 4.98 Å². The van der Waals surface area contributed by atoms with Crippen LogP contribution in [0.25, 0.3) is 0 Å². The summed E-state index contributed by atoms with van der Waals surface area (Å²) in [5.74, 6) is 3.08. The van der Waals surface area contributed by atoms with E-state index in [1.807, 2.05) is 11.3 Å². The van der Waals surface area contributed by atoms with Gasteiger partial charge in [0, 0.05) is 17.5 Å². The summed E-state index contributed by atoms with van der Waals surface area (Å²) >= 11 is 1.82. The number of hydrogen-bond donors (Lipinski definition) is 1. The highest BCUT2D eigenvalue weighted by atomic mass is 32.1. The highest BCUT2D eigenvalue weighted by Gasteiger charge is 2.50. The van der Waals surface area contributed by atoms with Crippen molar-refractivity contribution in [1.82, 2.24) is 10.3 Å². The van der Waals surface area contributed by atoms with Gasteiger partial charge in [-0.1, -0.05) is 6.92 Å². The maximum atomic E-state index is 4.70. The molecule has 19 heavy (non-hydrogen) atoms. The van der Waals surface area contributed by atoms with Crippen LogP contribution in [0.15, 0.2) is 5.38 Å². The molecule has 4 bridgehead atoms. The molecule has 0 amide bonds. The van der Waals surface area contributed by atoms with Gasteiger partial charge in [0.2, 0.25) is 0 Å². The fourth-order valence-corrected chi connectivity index (χ4v) is 5.94. The molecule has 0 saturated heterocycles. The topological polar surface area (TPSA) is 24.9 Å². The first-order valence-corrected chi connectivity index (χ1v) is 8.81. The van der Waals surface area contributed by atoms with Crippen LogP contribution in [-0.2, 0) is 13.0 Å². The Morgan fingerprint density at radius 1 is 1.21 bits per heavy atom. The first kappa shape index (κ1) is 12.3. The second-order valence-corrected chi connectivity index (χ2v) is 8.08. The third-order valence-electron chi connectivity index (χ3n) is 5.58. The summed E-state index contributed by atoms with van der Waals surface area (Å²) in [4.78, 5) is 4.70. The van der Waals surface area contributed by atoms with Crippen molar-refractivity contribution in [3.8, 4) is 0 Å². The molecule has 5 rings (SSSR count). The van der Waals surface area contributed by atoms with Crippen molar-refractivity contribution >= 4 is 11.3 Å². The summed E-state index contributed by atoms with van der Waals surface area (Å²) < 4.78 is 0. The van der Waals surface area contributed by atoms with E-state index in [1.165, 1.54) is 49.2 Å². The maximum absolute atomic E-state index is 4.70. The lowest BCUT2D eigenvalue weighted by Gasteiger charge is -2.57. The lowest BCUT2D eigenvalue weighted by molar-refractivity contribution is -0.0207. The van der Waals surface area contributed by atoms with E-state index in [-0.39, 0.29) is 0 Å². The molecule has 4 aliphatic carbocycles. The average molecular weight is 276 g/mol. The summed E-state index contributed by atoms with van der Waals surface area (Å²) in [6.45, 7) is 3.18.